The summed E-state index contributed by atoms with van der Waals surface area (Å²) in [5.41, 5.74) is 0.0488. The highest BCUT2D eigenvalue weighted by atomic mass is 19.1. The summed E-state index contributed by atoms with van der Waals surface area (Å²) in [7, 11) is 1.37. The lowest BCUT2D eigenvalue weighted by Gasteiger charge is -2.07. The zero-order chi connectivity index (χ0) is 10.6. The normalized spacial score (nSPS) is 10.3. The van der Waals surface area contributed by atoms with Crippen molar-refractivity contribution in [3.8, 4) is 5.75 Å². The molecular formula is C10H13F2NO. The van der Waals surface area contributed by atoms with Crippen molar-refractivity contribution < 1.29 is 13.5 Å². The Morgan fingerprint density at radius 1 is 1.29 bits per heavy atom. The lowest BCUT2D eigenvalue weighted by molar-refractivity contribution is 0.404. The smallest absolute Gasteiger partial charge is 0.134 e. The van der Waals surface area contributed by atoms with Gasteiger partial charge < -0.3 is 10.1 Å². The fourth-order valence-corrected chi connectivity index (χ4v) is 1.12. The van der Waals surface area contributed by atoms with Gasteiger partial charge >= 0.3 is 0 Å². The second kappa shape index (κ2) is 4.91. The minimum Gasteiger partial charge on any atom is -0.497 e. The molecule has 1 aromatic rings. The van der Waals surface area contributed by atoms with E-state index in [1.807, 2.05) is 6.92 Å². The van der Waals surface area contributed by atoms with E-state index >= 15 is 0 Å². The molecule has 4 heteroatoms. The Labute approximate surface area is 81.9 Å². The van der Waals surface area contributed by atoms with Crippen molar-refractivity contribution in [3.63, 3.8) is 0 Å². The zero-order valence-corrected chi connectivity index (χ0v) is 8.23. The van der Waals surface area contributed by atoms with Crippen LogP contribution in [0.1, 0.15) is 12.5 Å². The van der Waals surface area contributed by atoms with Gasteiger partial charge in [-0.3, -0.25) is 0 Å². The minimum absolute atomic E-state index is 0.0488. The van der Waals surface area contributed by atoms with Crippen LogP contribution in [0.5, 0.6) is 5.75 Å². The van der Waals surface area contributed by atoms with Crippen molar-refractivity contribution in [1.29, 1.82) is 0 Å². The van der Waals surface area contributed by atoms with Gasteiger partial charge in [0.15, 0.2) is 0 Å². The van der Waals surface area contributed by atoms with Crippen molar-refractivity contribution in [3.05, 3.63) is 29.3 Å². The van der Waals surface area contributed by atoms with Crippen LogP contribution in [0.15, 0.2) is 12.1 Å². The second-order valence-electron chi connectivity index (χ2n) is 2.85. The fourth-order valence-electron chi connectivity index (χ4n) is 1.12. The third kappa shape index (κ3) is 2.42. The highest BCUT2D eigenvalue weighted by Crippen LogP contribution is 2.20. The van der Waals surface area contributed by atoms with Crippen molar-refractivity contribution in [1.82, 2.24) is 5.32 Å². The number of ether oxygens (including phenoxy) is 1. The molecule has 1 rings (SSSR count). The van der Waals surface area contributed by atoms with E-state index in [-0.39, 0.29) is 17.9 Å². The zero-order valence-electron chi connectivity index (χ0n) is 8.23. The van der Waals surface area contributed by atoms with Crippen LogP contribution in [0.25, 0.3) is 0 Å². The summed E-state index contributed by atoms with van der Waals surface area (Å²) in [5, 5.41) is 2.86. The molecule has 0 aliphatic carbocycles. The van der Waals surface area contributed by atoms with Gasteiger partial charge in [-0.15, -0.1) is 0 Å². The third-order valence-electron chi connectivity index (χ3n) is 1.90. The third-order valence-corrected chi connectivity index (χ3v) is 1.90. The Hall–Kier alpha value is -1.16. The summed E-state index contributed by atoms with van der Waals surface area (Å²) in [6.07, 6.45) is 0. The molecule has 0 aliphatic heterocycles. The van der Waals surface area contributed by atoms with E-state index in [0.29, 0.717) is 6.54 Å². The number of halogens is 2. The maximum absolute atomic E-state index is 13.3. The summed E-state index contributed by atoms with van der Waals surface area (Å²) in [6.45, 7) is 2.74. The van der Waals surface area contributed by atoms with Gasteiger partial charge in [0, 0.05) is 24.2 Å². The van der Waals surface area contributed by atoms with E-state index in [9.17, 15) is 8.78 Å². The number of hydrogen-bond acceptors (Lipinski definition) is 2. The van der Waals surface area contributed by atoms with Crippen LogP contribution in [0.3, 0.4) is 0 Å². The Bertz CT molecular complexity index is 292. The van der Waals surface area contributed by atoms with E-state index in [0.717, 1.165) is 0 Å². The molecule has 78 valence electrons. The maximum Gasteiger partial charge on any atom is 0.134 e. The minimum atomic E-state index is -0.581. The number of rotatable bonds is 4. The summed E-state index contributed by atoms with van der Waals surface area (Å²) < 4.78 is 31.3. The van der Waals surface area contributed by atoms with Crippen LogP contribution in [-0.2, 0) is 6.54 Å². The van der Waals surface area contributed by atoms with Crippen LogP contribution in [0.2, 0.25) is 0 Å². The maximum atomic E-state index is 13.3. The Kier molecular flexibility index (Phi) is 3.83. The van der Waals surface area contributed by atoms with E-state index < -0.39 is 11.6 Å². The van der Waals surface area contributed by atoms with Crippen LogP contribution in [0.4, 0.5) is 8.78 Å². The highest BCUT2D eigenvalue weighted by molar-refractivity contribution is 5.30. The van der Waals surface area contributed by atoms with Crippen molar-refractivity contribution >= 4 is 0 Å². The van der Waals surface area contributed by atoms with Gasteiger partial charge in [0.1, 0.15) is 17.4 Å². The van der Waals surface area contributed by atoms with Gasteiger partial charge in [-0.05, 0) is 6.54 Å². The number of methoxy groups -OCH3 is 1. The lowest BCUT2D eigenvalue weighted by Crippen LogP contribution is -2.14. The SMILES string of the molecule is CCNCc1c(F)cc(OC)cc1F. The van der Waals surface area contributed by atoms with Crippen LogP contribution >= 0.6 is 0 Å². The summed E-state index contributed by atoms with van der Waals surface area (Å²) in [4.78, 5) is 0. The largest absolute Gasteiger partial charge is 0.497 e. The summed E-state index contributed by atoms with van der Waals surface area (Å²) >= 11 is 0. The lowest BCUT2D eigenvalue weighted by atomic mass is 10.2. The van der Waals surface area contributed by atoms with E-state index in [1.165, 1.54) is 19.2 Å². The Morgan fingerprint density at radius 2 is 1.86 bits per heavy atom. The van der Waals surface area contributed by atoms with Crippen LogP contribution in [-0.4, -0.2) is 13.7 Å². The molecule has 0 unspecified atom stereocenters. The Balaban J connectivity index is 2.93. The van der Waals surface area contributed by atoms with Crippen LogP contribution in [0, 0.1) is 11.6 Å². The van der Waals surface area contributed by atoms with Crippen molar-refractivity contribution in [2.45, 2.75) is 13.5 Å². The van der Waals surface area contributed by atoms with Gasteiger partial charge in [-0.2, -0.15) is 0 Å². The molecule has 0 atom stereocenters. The first-order valence-corrected chi connectivity index (χ1v) is 4.41. The van der Waals surface area contributed by atoms with E-state index in [1.54, 1.807) is 0 Å². The monoisotopic (exact) mass is 201 g/mol. The van der Waals surface area contributed by atoms with Gasteiger partial charge in [0.25, 0.3) is 0 Å². The standard InChI is InChI=1S/C10H13F2NO/c1-3-13-6-8-9(11)4-7(14-2)5-10(8)12/h4-5,13H,3,6H2,1-2H3. The number of nitrogens with one attached hydrogen (secondary N) is 1. The molecule has 2 nitrogen and oxygen atoms in total. The first-order valence-electron chi connectivity index (χ1n) is 4.41. The molecule has 1 aromatic carbocycles. The highest BCUT2D eigenvalue weighted by Gasteiger charge is 2.10. The van der Waals surface area contributed by atoms with E-state index in [4.69, 9.17) is 4.74 Å². The van der Waals surface area contributed by atoms with Gasteiger partial charge in [-0.25, -0.2) is 8.78 Å². The molecule has 14 heavy (non-hydrogen) atoms. The molecule has 0 fully saturated rings. The molecule has 0 saturated carbocycles. The molecule has 0 spiro atoms. The molecule has 0 aromatic heterocycles. The molecule has 1 N–H and O–H groups in total. The first-order chi connectivity index (χ1) is 6.69. The first kappa shape index (κ1) is 10.9. The van der Waals surface area contributed by atoms with Crippen molar-refractivity contribution in [2.75, 3.05) is 13.7 Å². The fraction of sp³-hybridized carbons (Fsp3) is 0.400. The van der Waals surface area contributed by atoms with Crippen molar-refractivity contribution in [2.24, 2.45) is 0 Å². The Morgan fingerprint density at radius 3 is 2.29 bits per heavy atom. The summed E-state index contributed by atoms with van der Waals surface area (Å²) in [5.74, 6) is -0.967. The summed E-state index contributed by atoms with van der Waals surface area (Å²) in [6, 6.07) is 2.35. The average molecular weight is 201 g/mol. The van der Waals surface area contributed by atoms with Gasteiger partial charge in [-0.1, -0.05) is 6.92 Å². The topological polar surface area (TPSA) is 21.3 Å². The molecule has 0 bridgehead atoms. The van der Waals surface area contributed by atoms with Gasteiger partial charge in [0.05, 0.1) is 7.11 Å². The quantitative estimate of drug-likeness (QED) is 0.805. The number of hydrogen-bond donors (Lipinski definition) is 1. The predicted octanol–water partition coefficient (Wildman–Crippen LogP) is 2.08. The molecule has 0 heterocycles. The molecule has 0 aliphatic rings. The predicted molar refractivity (Wildman–Crippen MR) is 50.3 cm³/mol. The average Bonchev–Trinajstić information content (AvgIpc) is 2.16. The number of benzene rings is 1. The van der Waals surface area contributed by atoms with E-state index in [2.05, 4.69) is 5.32 Å². The molecule has 0 radical (unpaired) electrons. The second-order valence-corrected chi connectivity index (χ2v) is 2.85. The molecule has 0 saturated heterocycles. The van der Waals surface area contributed by atoms with Gasteiger partial charge in [0.2, 0.25) is 0 Å². The molecule has 0 amide bonds. The molecular weight excluding hydrogens is 188 g/mol. The van der Waals surface area contributed by atoms with Crippen LogP contribution < -0.4 is 10.1 Å².